The second kappa shape index (κ2) is 8.53. The number of methoxy groups -OCH3 is 1. The number of hydrogen-bond donors (Lipinski definition) is 0. The molecule has 12 heteroatoms. The third-order valence-corrected chi connectivity index (χ3v) is 3.49. The largest absolute Gasteiger partial charge is 0.466 e. The summed E-state index contributed by atoms with van der Waals surface area (Å²) in [7, 11) is 1.12. The zero-order valence-corrected chi connectivity index (χ0v) is 14.8. The Kier molecular flexibility index (Phi) is 6.37. The first kappa shape index (κ1) is 20.9. The van der Waals surface area contributed by atoms with Crippen LogP contribution >= 0.6 is 11.6 Å². The van der Waals surface area contributed by atoms with Crippen molar-refractivity contribution in [2.24, 2.45) is 0 Å². The molecule has 0 saturated carbocycles. The van der Waals surface area contributed by atoms with Crippen LogP contribution in [0.25, 0.3) is 11.9 Å². The lowest BCUT2D eigenvalue weighted by atomic mass is 10.2. The van der Waals surface area contributed by atoms with Gasteiger partial charge in [-0.05, 0) is 12.1 Å². The Balaban J connectivity index is 2.35. The van der Waals surface area contributed by atoms with Crippen LogP contribution in [0.4, 0.5) is 13.2 Å². The monoisotopic (exact) mass is 414 g/mol. The number of halogens is 4. The molecule has 0 aliphatic heterocycles. The fourth-order valence-electron chi connectivity index (χ4n) is 1.90. The fourth-order valence-corrected chi connectivity index (χ4v) is 2.15. The van der Waals surface area contributed by atoms with Gasteiger partial charge in [-0.15, -0.1) is 0 Å². The van der Waals surface area contributed by atoms with E-state index in [4.69, 9.17) is 16.9 Å². The van der Waals surface area contributed by atoms with Crippen LogP contribution in [0.1, 0.15) is 16.8 Å². The number of aromatic nitrogens is 3. The van der Waals surface area contributed by atoms with Crippen LogP contribution in [0, 0.1) is 11.3 Å². The van der Waals surface area contributed by atoms with E-state index in [2.05, 4.69) is 19.6 Å². The van der Waals surface area contributed by atoms with E-state index in [-0.39, 0.29) is 22.1 Å². The van der Waals surface area contributed by atoms with Crippen molar-refractivity contribution in [2.75, 3.05) is 13.7 Å². The number of ether oxygens (including phenoxy) is 2. The van der Waals surface area contributed by atoms with E-state index < -0.39 is 30.3 Å². The number of rotatable bonds is 5. The van der Waals surface area contributed by atoms with Crippen molar-refractivity contribution >= 4 is 29.6 Å². The number of nitrogens with zero attached hydrogens (tertiary/aromatic N) is 4. The van der Waals surface area contributed by atoms with Crippen molar-refractivity contribution in [3.05, 3.63) is 46.4 Å². The van der Waals surface area contributed by atoms with Gasteiger partial charge in [0.2, 0.25) is 0 Å². The lowest BCUT2D eigenvalue weighted by molar-refractivity contribution is -0.154. The average Bonchev–Trinajstić information content (AvgIpc) is 3.06. The maximum absolute atomic E-state index is 12.7. The number of nitriles is 1. The van der Waals surface area contributed by atoms with E-state index >= 15 is 0 Å². The molecule has 2 rings (SSSR count). The van der Waals surface area contributed by atoms with Gasteiger partial charge >= 0.3 is 18.1 Å². The summed E-state index contributed by atoms with van der Waals surface area (Å²) in [5.74, 6) is -1.88. The molecule has 0 spiro atoms. The minimum absolute atomic E-state index is 0.00483. The second-order valence-electron chi connectivity index (χ2n) is 5.01. The summed E-state index contributed by atoms with van der Waals surface area (Å²) in [5, 5.41) is 12.6. The molecular formula is C16H10ClF3N4O4. The molecule has 0 aliphatic rings. The number of esters is 2. The van der Waals surface area contributed by atoms with Crippen molar-refractivity contribution in [3.63, 3.8) is 0 Å². The summed E-state index contributed by atoms with van der Waals surface area (Å²) >= 11 is 5.88. The Bertz CT molecular complexity index is 979. The molecule has 0 saturated heterocycles. The summed E-state index contributed by atoms with van der Waals surface area (Å²) in [6, 6.07) is 2.47. The first-order valence-corrected chi connectivity index (χ1v) is 7.68. The molecule has 2 aromatic rings. The van der Waals surface area contributed by atoms with Crippen molar-refractivity contribution in [2.45, 2.75) is 6.18 Å². The minimum Gasteiger partial charge on any atom is -0.466 e. The maximum Gasteiger partial charge on any atom is 0.417 e. The number of carbonyl (C=O) groups is 2. The van der Waals surface area contributed by atoms with Gasteiger partial charge in [-0.3, -0.25) is 0 Å². The highest BCUT2D eigenvalue weighted by Gasteiger charge is 2.32. The highest BCUT2D eigenvalue weighted by molar-refractivity contribution is 6.32. The maximum atomic E-state index is 12.7. The smallest absolute Gasteiger partial charge is 0.417 e. The Hall–Kier alpha value is -3.39. The molecule has 0 atom stereocenters. The molecule has 0 aromatic carbocycles. The first-order chi connectivity index (χ1) is 13.2. The van der Waals surface area contributed by atoms with Crippen molar-refractivity contribution < 1.29 is 32.2 Å². The molecule has 8 nitrogen and oxygen atoms in total. The van der Waals surface area contributed by atoms with Crippen molar-refractivity contribution in [1.29, 1.82) is 5.26 Å². The molecule has 0 fully saturated rings. The molecule has 0 aliphatic carbocycles. The van der Waals surface area contributed by atoms with Crippen molar-refractivity contribution in [3.8, 4) is 11.9 Å². The molecule has 2 heterocycles. The lowest BCUT2D eigenvalue weighted by Gasteiger charge is -2.10. The van der Waals surface area contributed by atoms with Gasteiger partial charge in [0.15, 0.2) is 12.4 Å². The lowest BCUT2D eigenvalue weighted by Crippen LogP contribution is -2.13. The zero-order chi connectivity index (χ0) is 20.9. The molecule has 0 bridgehead atoms. The normalized spacial score (nSPS) is 11.3. The predicted octanol–water partition coefficient (Wildman–Crippen LogP) is 2.54. The van der Waals surface area contributed by atoms with Gasteiger partial charge in [-0.2, -0.15) is 23.5 Å². The van der Waals surface area contributed by atoms with Gasteiger partial charge in [-0.25, -0.2) is 19.3 Å². The Morgan fingerprint density at radius 3 is 2.68 bits per heavy atom. The van der Waals surface area contributed by atoms with Gasteiger partial charge in [0.05, 0.1) is 35.2 Å². The standard InChI is InChI=1S/C16H10ClF3N4O4/c1-27-14(26)8-28-13(25)3-2-12-9(5-21)6-23-24(12)15-11(17)4-10(7-22-15)16(18,19)20/h2-4,6-7H,8H2,1H3. The summed E-state index contributed by atoms with van der Waals surface area (Å²) in [4.78, 5) is 26.2. The highest BCUT2D eigenvalue weighted by atomic mass is 35.5. The third kappa shape index (κ3) is 4.86. The van der Waals surface area contributed by atoms with Gasteiger partial charge in [0.1, 0.15) is 6.07 Å². The van der Waals surface area contributed by atoms with Gasteiger partial charge in [0.25, 0.3) is 0 Å². The van der Waals surface area contributed by atoms with Crippen LogP contribution in [0.3, 0.4) is 0 Å². The van der Waals surface area contributed by atoms with Crippen LogP contribution in [-0.2, 0) is 25.2 Å². The van der Waals surface area contributed by atoms with E-state index in [1.54, 1.807) is 0 Å². The van der Waals surface area contributed by atoms with E-state index in [1.807, 2.05) is 6.07 Å². The summed E-state index contributed by atoms with van der Waals surface area (Å²) in [6.07, 6.45) is -0.929. The van der Waals surface area contributed by atoms with Crippen LogP contribution in [0.5, 0.6) is 0 Å². The molecule has 0 radical (unpaired) electrons. The Morgan fingerprint density at radius 1 is 1.39 bits per heavy atom. The molecule has 146 valence electrons. The number of hydrogen-bond acceptors (Lipinski definition) is 7. The SMILES string of the molecule is COC(=O)COC(=O)C=Cc1c(C#N)cnn1-c1ncc(C(F)(F)F)cc1Cl. The van der Waals surface area contributed by atoms with E-state index in [1.165, 1.54) is 0 Å². The van der Waals surface area contributed by atoms with E-state index in [9.17, 15) is 22.8 Å². The molecule has 2 aromatic heterocycles. The highest BCUT2D eigenvalue weighted by Crippen LogP contribution is 2.32. The van der Waals surface area contributed by atoms with Crippen LogP contribution in [0.15, 0.2) is 24.5 Å². The molecule has 0 unspecified atom stereocenters. The number of alkyl halides is 3. The molecule has 28 heavy (non-hydrogen) atoms. The van der Waals surface area contributed by atoms with Gasteiger partial charge in [-0.1, -0.05) is 11.6 Å². The van der Waals surface area contributed by atoms with Crippen LogP contribution in [0.2, 0.25) is 5.02 Å². The number of carbonyl (C=O) groups excluding carboxylic acids is 2. The molecular weight excluding hydrogens is 405 g/mol. The topological polar surface area (TPSA) is 107 Å². The summed E-state index contributed by atoms with van der Waals surface area (Å²) in [5.41, 5.74) is -1.04. The molecule has 0 N–H and O–H groups in total. The third-order valence-electron chi connectivity index (χ3n) is 3.21. The predicted molar refractivity (Wildman–Crippen MR) is 88.1 cm³/mol. The zero-order valence-electron chi connectivity index (χ0n) is 14.0. The fraction of sp³-hybridized carbons (Fsp3) is 0.188. The van der Waals surface area contributed by atoms with Crippen LogP contribution in [-0.4, -0.2) is 40.4 Å². The molecule has 0 amide bonds. The Morgan fingerprint density at radius 2 is 2.11 bits per heavy atom. The van der Waals surface area contributed by atoms with E-state index in [0.29, 0.717) is 12.3 Å². The number of pyridine rings is 1. The first-order valence-electron chi connectivity index (χ1n) is 7.30. The summed E-state index contributed by atoms with van der Waals surface area (Å²) in [6.45, 7) is -0.615. The quantitative estimate of drug-likeness (QED) is 0.546. The van der Waals surface area contributed by atoms with Crippen molar-refractivity contribution in [1.82, 2.24) is 14.8 Å². The van der Waals surface area contributed by atoms with E-state index in [0.717, 1.165) is 30.1 Å². The van der Waals surface area contributed by atoms with Gasteiger partial charge in [0, 0.05) is 12.3 Å². The minimum atomic E-state index is -4.64. The second-order valence-corrected chi connectivity index (χ2v) is 5.42. The van der Waals surface area contributed by atoms with Gasteiger partial charge < -0.3 is 9.47 Å². The summed E-state index contributed by atoms with van der Waals surface area (Å²) < 4.78 is 48.1. The Labute approximate surface area is 160 Å². The van der Waals surface area contributed by atoms with Crippen LogP contribution < -0.4 is 0 Å². The average molecular weight is 415 g/mol.